The molecule has 1 aliphatic heterocycles. The normalized spacial score (nSPS) is 15.0. The molecule has 7 heteroatoms. The zero-order chi connectivity index (χ0) is 22.7. The number of carbonyl (C=O) groups is 3. The van der Waals surface area contributed by atoms with Crippen molar-refractivity contribution < 1.29 is 14.4 Å². The molecule has 0 atom stereocenters. The van der Waals surface area contributed by atoms with Crippen molar-refractivity contribution in [2.45, 2.75) is 26.2 Å². The van der Waals surface area contributed by atoms with Gasteiger partial charge in [-0.25, -0.2) is 4.98 Å². The van der Waals surface area contributed by atoms with E-state index in [9.17, 15) is 14.4 Å². The van der Waals surface area contributed by atoms with Crippen molar-refractivity contribution in [3.63, 3.8) is 0 Å². The monoisotopic (exact) mass is 428 g/mol. The minimum atomic E-state index is -0.331. The summed E-state index contributed by atoms with van der Waals surface area (Å²) in [6.45, 7) is 4.04. The Kier molecular flexibility index (Phi) is 5.98. The Morgan fingerprint density at radius 3 is 2.41 bits per heavy atom. The molecule has 1 saturated heterocycles. The molecule has 0 unspecified atom stereocenters. The summed E-state index contributed by atoms with van der Waals surface area (Å²) >= 11 is 0. The van der Waals surface area contributed by atoms with Crippen LogP contribution in [0.5, 0.6) is 0 Å². The number of rotatable bonds is 6. The highest BCUT2D eigenvalue weighted by Crippen LogP contribution is 2.21. The minimum Gasteiger partial charge on any atom is -0.345 e. The maximum atomic E-state index is 12.6. The molecule has 0 bridgehead atoms. The summed E-state index contributed by atoms with van der Waals surface area (Å²) in [6.07, 6.45) is 2.14. The second kappa shape index (κ2) is 9.01. The number of hydrogen-bond donors (Lipinski definition) is 3. The summed E-state index contributed by atoms with van der Waals surface area (Å²) in [5.41, 5.74) is 3.98. The summed E-state index contributed by atoms with van der Waals surface area (Å²) in [4.78, 5) is 44.3. The third-order valence-electron chi connectivity index (χ3n) is 5.22. The summed E-state index contributed by atoms with van der Waals surface area (Å²) in [5.74, 6) is 0.283. The van der Waals surface area contributed by atoms with Crippen molar-refractivity contribution in [1.82, 2.24) is 20.6 Å². The third kappa shape index (κ3) is 4.67. The van der Waals surface area contributed by atoms with Crippen LogP contribution in [0.15, 0.2) is 60.3 Å². The Morgan fingerprint density at radius 2 is 1.72 bits per heavy atom. The van der Waals surface area contributed by atoms with Gasteiger partial charge in [-0.1, -0.05) is 68.4 Å². The largest absolute Gasteiger partial charge is 0.345 e. The lowest BCUT2D eigenvalue weighted by Gasteiger charge is -2.15. The van der Waals surface area contributed by atoms with Gasteiger partial charge in [-0.05, 0) is 17.6 Å². The summed E-state index contributed by atoms with van der Waals surface area (Å²) < 4.78 is 0. The summed E-state index contributed by atoms with van der Waals surface area (Å²) in [7, 11) is 0. The van der Waals surface area contributed by atoms with Gasteiger partial charge in [0.15, 0.2) is 5.78 Å². The topological polar surface area (TPSA) is 104 Å². The molecule has 2 heterocycles. The van der Waals surface area contributed by atoms with E-state index in [2.05, 4.69) is 20.6 Å². The summed E-state index contributed by atoms with van der Waals surface area (Å²) in [5, 5.41) is 5.13. The van der Waals surface area contributed by atoms with Gasteiger partial charge in [0, 0.05) is 23.2 Å². The quantitative estimate of drug-likeness (QED) is 0.415. The molecule has 162 valence electrons. The maximum Gasteiger partial charge on any atom is 0.268 e. The number of nitrogens with one attached hydrogen (secondary N) is 3. The second-order valence-corrected chi connectivity index (χ2v) is 7.99. The van der Waals surface area contributed by atoms with Gasteiger partial charge >= 0.3 is 0 Å². The van der Waals surface area contributed by atoms with E-state index >= 15 is 0 Å². The van der Waals surface area contributed by atoms with Gasteiger partial charge in [0.1, 0.15) is 11.5 Å². The van der Waals surface area contributed by atoms with Crippen molar-refractivity contribution >= 4 is 23.7 Å². The summed E-state index contributed by atoms with van der Waals surface area (Å²) in [6, 6.07) is 16.7. The highest BCUT2D eigenvalue weighted by Gasteiger charge is 2.21. The fourth-order valence-corrected chi connectivity index (χ4v) is 3.56. The lowest BCUT2D eigenvalue weighted by Crippen LogP contribution is -2.46. The molecule has 32 heavy (non-hydrogen) atoms. The maximum absolute atomic E-state index is 12.6. The van der Waals surface area contributed by atoms with E-state index in [0.29, 0.717) is 23.2 Å². The third-order valence-corrected chi connectivity index (χ3v) is 5.22. The van der Waals surface area contributed by atoms with Gasteiger partial charge in [-0.3, -0.25) is 14.4 Å². The fraction of sp³-hybridized carbons (Fsp3) is 0.200. The molecule has 2 amide bonds. The Balaban J connectivity index is 1.55. The Labute approximate surface area is 186 Å². The number of aromatic nitrogens is 2. The molecular weight excluding hydrogens is 404 g/mol. The van der Waals surface area contributed by atoms with Gasteiger partial charge in [-0.15, -0.1) is 0 Å². The van der Waals surface area contributed by atoms with Gasteiger partial charge < -0.3 is 15.6 Å². The zero-order valence-corrected chi connectivity index (χ0v) is 17.9. The van der Waals surface area contributed by atoms with E-state index in [1.807, 2.05) is 56.3 Å². The Morgan fingerprint density at radius 1 is 1.03 bits per heavy atom. The van der Waals surface area contributed by atoms with Crippen LogP contribution in [0.1, 0.15) is 58.5 Å². The van der Waals surface area contributed by atoms with Crippen LogP contribution in [0, 0.1) is 0 Å². The van der Waals surface area contributed by atoms with Crippen LogP contribution in [0.25, 0.3) is 6.08 Å². The highest BCUT2D eigenvalue weighted by atomic mass is 16.2. The van der Waals surface area contributed by atoms with Crippen LogP contribution in [0.2, 0.25) is 0 Å². The molecule has 7 nitrogen and oxygen atoms in total. The number of piperazine rings is 1. The SMILES string of the molecule is CC(C)c1[nH]c(Cc2ccc(C(=O)c3ccccc3)cc2)nc1C=C1NC(=O)CNC1=O. The minimum absolute atomic E-state index is 0.0149. The highest BCUT2D eigenvalue weighted by molar-refractivity contribution is 6.09. The molecule has 0 aliphatic carbocycles. The van der Waals surface area contributed by atoms with Crippen molar-refractivity contribution in [3.8, 4) is 0 Å². The predicted molar refractivity (Wildman–Crippen MR) is 121 cm³/mol. The lowest BCUT2D eigenvalue weighted by molar-refractivity contribution is -0.127. The smallest absolute Gasteiger partial charge is 0.268 e. The number of imidazole rings is 1. The second-order valence-electron chi connectivity index (χ2n) is 7.99. The van der Waals surface area contributed by atoms with Crippen LogP contribution in [0.3, 0.4) is 0 Å². The molecule has 0 saturated carbocycles. The Hall–Kier alpha value is -4.00. The number of benzene rings is 2. The van der Waals surface area contributed by atoms with Crippen molar-refractivity contribution in [2.24, 2.45) is 0 Å². The van der Waals surface area contributed by atoms with Crippen LogP contribution in [0.4, 0.5) is 0 Å². The zero-order valence-electron chi connectivity index (χ0n) is 17.9. The number of amides is 2. The first-order valence-electron chi connectivity index (χ1n) is 10.5. The van der Waals surface area contributed by atoms with E-state index in [4.69, 9.17) is 0 Å². The van der Waals surface area contributed by atoms with E-state index < -0.39 is 0 Å². The first kappa shape index (κ1) is 21.2. The lowest BCUT2D eigenvalue weighted by atomic mass is 10.0. The molecule has 1 aromatic heterocycles. The van der Waals surface area contributed by atoms with Crippen LogP contribution in [-0.4, -0.2) is 34.1 Å². The van der Waals surface area contributed by atoms with Crippen molar-refractivity contribution in [2.75, 3.05) is 6.54 Å². The number of ketones is 1. The molecule has 3 N–H and O–H groups in total. The van der Waals surface area contributed by atoms with Crippen molar-refractivity contribution in [1.29, 1.82) is 0 Å². The number of aromatic amines is 1. The van der Waals surface area contributed by atoms with E-state index in [1.165, 1.54) is 0 Å². The first-order valence-corrected chi connectivity index (χ1v) is 10.5. The van der Waals surface area contributed by atoms with Gasteiger partial charge in [0.2, 0.25) is 5.91 Å². The van der Waals surface area contributed by atoms with E-state index in [0.717, 1.165) is 17.1 Å². The van der Waals surface area contributed by atoms with Crippen LogP contribution >= 0.6 is 0 Å². The molecule has 0 spiro atoms. The van der Waals surface area contributed by atoms with Crippen molar-refractivity contribution in [3.05, 3.63) is 94.2 Å². The van der Waals surface area contributed by atoms with E-state index in [1.54, 1.807) is 18.2 Å². The number of hydrogen-bond acceptors (Lipinski definition) is 4. The molecule has 0 radical (unpaired) electrons. The van der Waals surface area contributed by atoms with Gasteiger partial charge in [-0.2, -0.15) is 0 Å². The predicted octanol–water partition coefficient (Wildman–Crippen LogP) is 2.94. The van der Waals surface area contributed by atoms with Gasteiger partial charge in [0.25, 0.3) is 5.91 Å². The first-order chi connectivity index (χ1) is 15.4. The number of H-pyrrole nitrogens is 1. The molecule has 3 aromatic rings. The average molecular weight is 428 g/mol. The molecule has 1 fully saturated rings. The molecule has 4 rings (SSSR count). The molecule has 2 aromatic carbocycles. The molecule has 1 aliphatic rings. The fourth-order valence-electron chi connectivity index (χ4n) is 3.56. The average Bonchev–Trinajstić information content (AvgIpc) is 3.19. The number of nitrogens with zero attached hydrogens (tertiary/aromatic N) is 1. The van der Waals surface area contributed by atoms with Gasteiger partial charge in [0.05, 0.1) is 12.2 Å². The number of carbonyl (C=O) groups excluding carboxylic acids is 3. The standard InChI is InChI=1S/C25H24N4O3/c1-15(2)23-19(13-20-25(32)26-14-22(30)28-20)27-21(29-23)12-16-8-10-18(11-9-16)24(31)17-6-4-3-5-7-17/h3-11,13,15H,12,14H2,1-2H3,(H,26,32)(H,27,29)(H,28,30). The van der Waals surface area contributed by atoms with Crippen LogP contribution < -0.4 is 10.6 Å². The van der Waals surface area contributed by atoms with Crippen LogP contribution in [-0.2, 0) is 16.0 Å². The van der Waals surface area contributed by atoms with E-state index in [-0.39, 0.29) is 35.8 Å². The Bertz CT molecular complexity index is 1190. The molecular formula is C25H24N4O3.